The molecule has 0 radical (unpaired) electrons. The number of hydrogen-bond donors (Lipinski definition) is 2. The minimum absolute atomic E-state index is 0.105. The Morgan fingerprint density at radius 2 is 2.06 bits per heavy atom. The molecule has 1 unspecified atom stereocenters. The number of ether oxygens (including phenoxy) is 2. The second-order valence-electron chi connectivity index (χ2n) is 3.99. The summed E-state index contributed by atoms with van der Waals surface area (Å²) in [6.45, 7) is 6.04. The second kappa shape index (κ2) is 8.50. The summed E-state index contributed by atoms with van der Waals surface area (Å²) in [4.78, 5) is 11.5. The normalized spacial score (nSPS) is 14.5. The minimum atomic E-state index is -0.767. The van der Waals surface area contributed by atoms with Gasteiger partial charge in [-0.05, 0) is 19.8 Å². The maximum atomic E-state index is 11.5. The van der Waals surface area contributed by atoms with Crippen LogP contribution >= 0.6 is 0 Å². The number of carbonyl (C=O) groups is 1. The van der Waals surface area contributed by atoms with Crippen LogP contribution in [0.15, 0.2) is 0 Å². The summed E-state index contributed by atoms with van der Waals surface area (Å²) in [7, 11) is 1.64. The van der Waals surface area contributed by atoms with Crippen molar-refractivity contribution >= 4 is 5.91 Å². The lowest BCUT2D eigenvalue weighted by Gasteiger charge is -2.21. The Hall–Kier alpha value is -0.650. The average molecular weight is 232 g/mol. The number of rotatable bonds is 9. The quantitative estimate of drug-likeness (QED) is 0.560. The molecule has 1 amide bonds. The van der Waals surface area contributed by atoms with Crippen molar-refractivity contribution in [3.8, 4) is 0 Å². The van der Waals surface area contributed by atoms with Crippen molar-refractivity contribution in [1.82, 2.24) is 5.32 Å². The van der Waals surface area contributed by atoms with Crippen LogP contribution in [-0.4, -0.2) is 44.9 Å². The van der Waals surface area contributed by atoms with Crippen LogP contribution in [0.25, 0.3) is 0 Å². The smallest absolute Gasteiger partial charge is 0.239 e. The molecule has 5 nitrogen and oxygen atoms in total. The molecule has 1 atom stereocenters. The number of methoxy groups -OCH3 is 1. The molecule has 0 aromatic heterocycles. The van der Waals surface area contributed by atoms with E-state index < -0.39 is 5.54 Å². The van der Waals surface area contributed by atoms with Gasteiger partial charge in [0.2, 0.25) is 5.91 Å². The molecule has 3 N–H and O–H groups in total. The first-order chi connectivity index (χ1) is 7.54. The average Bonchev–Trinajstić information content (AvgIpc) is 2.27. The van der Waals surface area contributed by atoms with Crippen molar-refractivity contribution in [3.05, 3.63) is 0 Å². The summed E-state index contributed by atoms with van der Waals surface area (Å²) in [6, 6.07) is 0. The van der Waals surface area contributed by atoms with Crippen LogP contribution in [0.5, 0.6) is 0 Å². The Morgan fingerprint density at radius 1 is 1.38 bits per heavy atom. The first-order valence-electron chi connectivity index (χ1n) is 5.68. The molecule has 0 bridgehead atoms. The first-order valence-corrected chi connectivity index (χ1v) is 5.68. The lowest BCUT2D eigenvalue weighted by Crippen LogP contribution is -2.51. The summed E-state index contributed by atoms with van der Waals surface area (Å²) in [5.74, 6) is -0.105. The molecule has 0 heterocycles. The van der Waals surface area contributed by atoms with Gasteiger partial charge in [0.05, 0.1) is 18.8 Å². The molecular formula is C11H24N2O3. The molecule has 0 aliphatic rings. The third-order valence-electron chi connectivity index (χ3n) is 2.44. The maximum Gasteiger partial charge on any atom is 0.239 e. The van der Waals surface area contributed by atoms with Gasteiger partial charge in [-0.3, -0.25) is 4.79 Å². The lowest BCUT2D eigenvalue weighted by molar-refractivity contribution is -0.125. The van der Waals surface area contributed by atoms with E-state index in [0.29, 0.717) is 32.8 Å². The lowest BCUT2D eigenvalue weighted by atomic mass is 10.00. The van der Waals surface area contributed by atoms with Crippen molar-refractivity contribution in [1.29, 1.82) is 0 Å². The third kappa shape index (κ3) is 6.76. The highest BCUT2D eigenvalue weighted by atomic mass is 16.5. The molecule has 0 saturated carbocycles. The van der Waals surface area contributed by atoms with Crippen LogP contribution in [0.4, 0.5) is 0 Å². The first kappa shape index (κ1) is 15.3. The van der Waals surface area contributed by atoms with Gasteiger partial charge < -0.3 is 20.5 Å². The zero-order chi connectivity index (χ0) is 12.4. The zero-order valence-corrected chi connectivity index (χ0v) is 10.5. The van der Waals surface area contributed by atoms with Crippen LogP contribution in [0.3, 0.4) is 0 Å². The highest BCUT2D eigenvalue weighted by Crippen LogP contribution is 2.03. The van der Waals surface area contributed by atoms with Gasteiger partial charge in [-0.2, -0.15) is 0 Å². The Morgan fingerprint density at radius 3 is 2.62 bits per heavy atom. The van der Waals surface area contributed by atoms with Gasteiger partial charge in [0.25, 0.3) is 0 Å². The molecule has 0 aliphatic carbocycles. The Labute approximate surface area is 97.7 Å². The van der Waals surface area contributed by atoms with Crippen LogP contribution in [0.2, 0.25) is 0 Å². The van der Waals surface area contributed by atoms with Gasteiger partial charge in [-0.1, -0.05) is 6.92 Å². The molecule has 0 fully saturated rings. The molecule has 0 spiro atoms. The van der Waals surface area contributed by atoms with Gasteiger partial charge in [-0.25, -0.2) is 0 Å². The third-order valence-corrected chi connectivity index (χ3v) is 2.44. The Kier molecular flexibility index (Phi) is 8.15. The van der Waals surface area contributed by atoms with E-state index in [1.165, 1.54) is 0 Å². The van der Waals surface area contributed by atoms with E-state index in [-0.39, 0.29) is 5.91 Å². The summed E-state index contributed by atoms with van der Waals surface area (Å²) >= 11 is 0. The van der Waals surface area contributed by atoms with E-state index in [4.69, 9.17) is 15.2 Å². The van der Waals surface area contributed by atoms with E-state index >= 15 is 0 Å². The molecule has 0 aliphatic heterocycles. The number of nitrogens with one attached hydrogen (secondary N) is 1. The number of nitrogens with two attached hydrogens (primary N) is 1. The summed E-state index contributed by atoms with van der Waals surface area (Å²) in [5.41, 5.74) is 5.01. The van der Waals surface area contributed by atoms with Crippen LogP contribution in [0.1, 0.15) is 26.7 Å². The van der Waals surface area contributed by atoms with E-state index in [9.17, 15) is 4.79 Å². The monoisotopic (exact) mass is 232 g/mol. The highest BCUT2D eigenvalue weighted by molar-refractivity contribution is 5.85. The van der Waals surface area contributed by atoms with Crippen molar-refractivity contribution in [2.75, 3.05) is 33.5 Å². The van der Waals surface area contributed by atoms with Crippen LogP contribution < -0.4 is 11.1 Å². The van der Waals surface area contributed by atoms with E-state index in [1.54, 1.807) is 14.0 Å². The van der Waals surface area contributed by atoms with E-state index in [1.807, 2.05) is 6.92 Å². The second-order valence-corrected chi connectivity index (χ2v) is 3.99. The summed E-state index contributed by atoms with van der Waals surface area (Å²) in [6.07, 6.45) is 1.42. The van der Waals surface area contributed by atoms with Crippen molar-refractivity contribution in [2.45, 2.75) is 32.2 Å². The fourth-order valence-electron chi connectivity index (χ4n) is 0.983. The molecule has 16 heavy (non-hydrogen) atoms. The number of carbonyl (C=O) groups excluding carboxylic acids is 1. The van der Waals surface area contributed by atoms with Gasteiger partial charge in [0.1, 0.15) is 0 Å². The molecular weight excluding hydrogens is 208 g/mol. The van der Waals surface area contributed by atoms with Crippen molar-refractivity contribution in [2.24, 2.45) is 5.73 Å². The highest BCUT2D eigenvalue weighted by Gasteiger charge is 2.24. The van der Waals surface area contributed by atoms with Gasteiger partial charge in [0, 0.05) is 20.3 Å². The topological polar surface area (TPSA) is 73.6 Å². The molecule has 96 valence electrons. The van der Waals surface area contributed by atoms with Crippen LogP contribution in [-0.2, 0) is 14.3 Å². The van der Waals surface area contributed by atoms with Gasteiger partial charge in [0.15, 0.2) is 0 Å². The Balaban J connectivity index is 3.42. The largest absolute Gasteiger partial charge is 0.382 e. The molecule has 0 saturated heterocycles. The standard InChI is InChI=1S/C11H24N2O3/c1-4-11(2,12)10(14)13-6-5-7-16-9-8-15-3/h4-9,12H2,1-3H3,(H,13,14). The fourth-order valence-corrected chi connectivity index (χ4v) is 0.983. The fraction of sp³-hybridized carbons (Fsp3) is 0.909. The number of amides is 1. The predicted octanol–water partition coefficient (Wildman–Crippen LogP) is 0.283. The Bertz CT molecular complexity index is 196. The SMILES string of the molecule is CCC(C)(N)C(=O)NCCCOCCOC. The predicted molar refractivity (Wildman–Crippen MR) is 63.2 cm³/mol. The molecule has 0 aromatic carbocycles. The number of hydrogen-bond acceptors (Lipinski definition) is 4. The molecule has 0 aromatic rings. The van der Waals surface area contributed by atoms with Crippen LogP contribution in [0, 0.1) is 0 Å². The van der Waals surface area contributed by atoms with Gasteiger partial charge >= 0.3 is 0 Å². The maximum absolute atomic E-state index is 11.5. The van der Waals surface area contributed by atoms with Crippen molar-refractivity contribution in [3.63, 3.8) is 0 Å². The molecule has 5 heteroatoms. The molecule has 0 rings (SSSR count). The summed E-state index contributed by atoms with van der Waals surface area (Å²) in [5, 5.41) is 2.79. The minimum Gasteiger partial charge on any atom is -0.382 e. The van der Waals surface area contributed by atoms with E-state index in [2.05, 4.69) is 5.32 Å². The summed E-state index contributed by atoms with van der Waals surface area (Å²) < 4.78 is 10.1. The van der Waals surface area contributed by atoms with E-state index in [0.717, 1.165) is 6.42 Å². The van der Waals surface area contributed by atoms with Gasteiger partial charge in [-0.15, -0.1) is 0 Å². The van der Waals surface area contributed by atoms with Crippen molar-refractivity contribution < 1.29 is 14.3 Å². The zero-order valence-electron chi connectivity index (χ0n) is 10.5.